The number of hydrogen-bond acceptors (Lipinski definition) is 4. The average Bonchev–Trinajstić information content (AvgIpc) is 2.23. The molecule has 1 aliphatic rings. The quantitative estimate of drug-likeness (QED) is 0.618. The van der Waals surface area contributed by atoms with Crippen molar-refractivity contribution in [2.45, 2.75) is 6.92 Å². The molecule has 0 spiro atoms. The molecule has 0 amide bonds. The predicted octanol–water partition coefficient (Wildman–Crippen LogP) is 0.835. The molecule has 0 saturated carbocycles. The molecule has 0 unspecified atom stereocenters. The SMILES string of the molecule is CC1=CC(=O)c2c(OP(=O)(O)O)cccc2C1=O.[NaH]. The van der Waals surface area contributed by atoms with Gasteiger partial charge < -0.3 is 4.52 Å². The van der Waals surface area contributed by atoms with Gasteiger partial charge in [0, 0.05) is 11.1 Å². The van der Waals surface area contributed by atoms with Gasteiger partial charge >= 0.3 is 37.4 Å². The standard InChI is InChI=1S/C11H9O6P.Na.H/c1-6-5-8(12)10-7(11(6)13)3-2-4-9(10)17-18(14,15)16;;/h2-5H,1H3,(H2,14,15,16);;. The topological polar surface area (TPSA) is 101 Å². The number of phosphoric ester groups is 1. The van der Waals surface area contributed by atoms with Gasteiger partial charge in [-0.2, -0.15) is 0 Å². The first-order valence-corrected chi connectivity index (χ1v) is 6.48. The van der Waals surface area contributed by atoms with E-state index in [4.69, 9.17) is 9.79 Å². The molecule has 0 radical (unpaired) electrons. The Morgan fingerprint density at radius 1 is 1.21 bits per heavy atom. The minimum absolute atomic E-state index is 0. The summed E-state index contributed by atoms with van der Waals surface area (Å²) in [6, 6.07) is 4.05. The first-order valence-electron chi connectivity index (χ1n) is 4.95. The Morgan fingerprint density at radius 3 is 2.42 bits per heavy atom. The number of benzene rings is 1. The Balaban J connectivity index is 0.00000180. The normalized spacial score (nSPS) is 14.4. The maximum atomic E-state index is 11.8. The molecule has 1 aliphatic carbocycles. The first-order chi connectivity index (χ1) is 8.29. The van der Waals surface area contributed by atoms with Crippen LogP contribution < -0.4 is 4.52 Å². The molecule has 1 aromatic carbocycles. The summed E-state index contributed by atoms with van der Waals surface area (Å²) in [4.78, 5) is 41.1. The van der Waals surface area contributed by atoms with E-state index in [0.717, 1.165) is 6.08 Å². The summed E-state index contributed by atoms with van der Waals surface area (Å²) in [6.07, 6.45) is 1.12. The van der Waals surface area contributed by atoms with Crippen LogP contribution in [-0.4, -0.2) is 50.9 Å². The molecule has 19 heavy (non-hydrogen) atoms. The van der Waals surface area contributed by atoms with Crippen LogP contribution in [0.25, 0.3) is 0 Å². The van der Waals surface area contributed by atoms with E-state index in [0.29, 0.717) is 0 Å². The number of hydrogen-bond donors (Lipinski definition) is 2. The fraction of sp³-hybridized carbons (Fsp3) is 0.0909. The fourth-order valence-corrected chi connectivity index (χ4v) is 2.13. The van der Waals surface area contributed by atoms with E-state index in [9.17, 15) is 14.2 Å². The summed E-state index contributed by atoms with van der Waals surface area (Å²) in [5, 5.41) is 0. The van der Waals surface area contributed by atoms with E-state index in [-0.39, 0.29) is 57.8 Å². The van der Waals surface area contributed by atoms with Gasteiger partial charge in [0.15, 0.2) is 11.6 Å². The molecule has 2 N–H and O–H groups in total. The number of allylic oxidation sites excluding steroid dienone is 2. The van der Waals surface area contributed by atoms with Crippen molar-refractivity contribution in [2.24, 2.45) is 0 Å². The van der Waals surface area contributed by atoms with Crippen molar-refractivity contribution in [3.05, 3.63) is 41.0 Å². The molecule has 0 fully saturated rings. The van der Waals surface area contributed by atoms with Gasteiger partial charge in [-0.15, -0.1) is 0 Å². The van der Waals surface area contributed by atoms with Crippen molar-refractivity contribution < 1.29 is 28.5 Å². The Bertz CT molecular complexity index is 630. The Kier molecular flexibility index (Phi) is 4.90. The van der Waals surface area contributed by atoms with Gasteiger partial charge in [0.2, 0.25) is 0 Å². The van der Waals surface area contributed by atoms with Gasteiger partial charge in [0.1, 0.15) is 5.75 Å². The Morgan fingerprint density at radius 2 is 1.84 bits per heavy atom. The van der Waals surface area contributed by atoms with E-state index >= 15 is 0 Å². The van der Waals surface area contributed by atoms with Crippen molar-refractivity contribution in [1.29, 1.82) is 0 Å². The van der Waals surface area contributed by atoms with E-state index in [1.165, 1.54) is 25.1 Å². The van der Waals surface area contributed by atoms with Crippen LogP contribution in [0.15, 0.2) is 29.8 Å². The zero-order valence-electron chi connectivity index (χ0n) is 9.28. The van der Waals surface area contributed by atoms with Gasteiger partial charge in [0.25, 0.3) is 0 Å². The van der Waals surface area contributed by atoms with Crippen molar-refractivity contribution in [3.8, 4) is 5.75 Å². The summed E-state index contributed by atoms with van der Waals surface area (Å²) < 4.78 is 15.2. The van der Waals surface area contributed by atoms with E-state index < -0.39 is 13.6 Å². The number of rotatable bonds is 2. The predicted molar refractivity (Wildman–Crippen MR) is 68.7 cm³/mol. The number of carbonyl (C=O) groups is 2. The van der Waals surface area contributed by atoms with Crippen molar-refractivity contribution in [3.63, 3.8) is 0 Å². The van der Waals surface area contributed by atoms with Gasteiger partial charge in [-0.25, -0.2) is 4.57 Å². The molecule has 0 aromatic heterocycles. The second-order valence-corrected chi connectivity index (χ2v) is 4.95. The molecule has 2 rings (SSSR count). The molecule has 6 nitrogen and oxygen atoms in total. The molecule has 0 heterocycles. The van der Waals surface area contributed by atoms with Crippen molar-refractivity contribution in [2.75, 3.05) is 0 Å². The molecular formula is C11H10NaO6P. The molecule has 1 aromatic rings. The third-order valence-corrected chi connectivity index (χ3v) is 2.87. The van der Waals surface area contributed by atoms with E-state index in [1.54, 1.807) is 0 Å². The van der Waals surface area contributed by atoms with Crippen molar-refractivity contribution >= 4 is 48.9 Å². The van der Waals surface area contributed by atoms with E-state index in [1.807, 2.05) is 0 Å². The summed E-state index contributed by atoms with van der Waals surface area (Å²) in [7, 11) is -4.78. The van der Waals surface area contributed by atoms with Crippen LogP contribution in [0.4, 0.5) is 0 Å². The monoisotopic (exact) mass is 292 g/mol. The van der Waals surface area contributed by atoms with Crippen LogP contribution in [0.5, 0.6) is 5.75 Å². The van der Waals surface area contributed by atoms with Crippen LogP contribution in [0, 0.1) is 0 Å². The van der Waals surface area contributed by atoms with Gasteiger partial charge in [0.05, 0.1) is 5.56 Å². The molecule has 8 heteroatoms. The van der Waals surface area contributed by atoms with E-state index in [2.05, 4.69) is 4.52 Å². The van der Waals surface area contributed by atoms with Gasteiger partial charge in [-0.1, -0.05) is 12.1 Å². The average molecular weight is 292 g/mol. The third-order valence-electron chi connectivity index (χ3n) is 2.44. The van der Waals surface area contributed by atoms with Crippen LogP contribution >= 0.6 is 7.82 Å². The molecule has 0 bridgehead atoms. The number of phosphoric acid groups is 1. The summed E-state index contributed by atoms with van der Waals surface area (Å²) in [5.74, 6) is -1.16. The van der Waals surface area contributed by atoms with Crippen molar-refractivity contribution in [1.82, 2.24) is 0 Å². The zero-order chi connectivity index (χ0) is 13.5. The molecule has 0 aliphatic heterocycles. The fourth-order valence-electron chi connectivity index (χ4n) is 1.73. The van der Waals surface area contributed by atoms with Crippen LogP contribution in [-0.2, 0) is 4.57 Å². The number of ketones is 2. The van der Waals surface area contributed by atoms with Gasteiger partial charge in [-0.3, -0.25) is 19.4 Å². The molecule has 0 atom stereocenters. The second-order valence-electron chi connectivity index (χ2n) is 3.78. The summed E-state index contributed by atoms with van der Waals surface area (Å²) in [5.41, 5.74) is 0.253. The third kappa shape index (κ3) is 3.42. The van der Waals surface area contributed by atoms with Crippen LogP contribution in [0.2, 0.25) is 0 Å². The zero-order valence-corrected chi connectivity index (χ0v) is 10.2. The molecular weight excluding hydrogens is 282 g/mol. The molecule has 96 valence electrons. The maximum absolute atomic E-state index is 11.8. The number of fused-ring (bicyclic) bond motifs is 1. The van der Waals surface area contributed by atoms with Gasteiger partial charge in [-0.05, 0) is 19.1 Å². The minimum atomic E-state index is -4.78. The first kappa shape index (κ1) is 16.3. The summed E-state index contributed by atoms with van der Waals surface area (Å²) >= 11 is 0. The Hall–Kier alpha value is -0.750. The molecule has 0 saturated heterocycles. The number of Topliss-reactive ketones (excluding diaryl/α,β-unsaturated/α-hetero) is 1. The summed E-state index contributed by atoms with van der Waals surface area (Å²) in [6.45, 7) is 1.50. The number of carbonyl (C=O) groups excluding carboxylic acids is 2. The Labute approximate surface area is 131 Å². The van der Waals surface area contributed by atoms with Crippen LogP contribution in [0.3, 0.4) is 0 Å². The second kappa shape index (κ2) is 5.71. The van der Waals surface area contributed by atoms with Crippen LogP contribution in [0.1, 0.15) is 27.6 Å².